The van der Waals surface area contributed by atoms with E-state index in [9.17, 15) is 0 Å². The van der Waals surface area contributed by atoms with Crippen LogP contribution in [0.1, 0.15) is 0 Å². The van der Waals surface area contributed by atoms with Crippen LogP contribution in [-0.2, 0) is 0 Å². The van der Waals surface area contributed by atoms with Gasteiger partial charge in [-0.05, 0) is 57.0 Å². The normalized spacial score (nSPS) is 10.5. The third-order valence-corrected chi connectivity index (χ3v) is 9.77. The third kappa shape index (κ3) is 6.98. The van der Waals surface area contributed by atoms with Gasteiger partial charge in [-0.25, -0.2) is 0 Å². The van der Waals surface area contributed by atoms with Gasteiger partial charge < -0.3 is 9.80 Å². The molecule has 2 rings (SSSR count). The molecule has 0 unspecified atom stereocenters. The Morgan fingerprint density at radius 3 is 1.19 bits per heavy atom. The van der Waals surface area contributed by atoms with E-state index in [2.05, 4.69) is 48.5 Å². The lowest BCUT2D eigenvalue weighted by Crippen LogP contribution is -2.14. The highest BCUT2D eigenvalue weighted by Gasteiger charge is 2.05. The highest BCUT2D eigenvalue weighted by molar-refractivity contribution is 8.84. The summed E-state index contributed by atoms with van der Waals surface area (Å²) in [6.07, 6.45) is 0. The predicted molar refractivity (Wildman–Crippen MR) is 131 cm³/mol. The maximum atomic E-state index is 5.30. The van der Waals surface area contributed by atoms with Gasteiger partial charge in [0.05, 0.1) is 0 Å². The van der Waals surface area contributed by atoms with E-state index in [1.165, 1.54) is 20.9 Å². The van der Waals surface area contributed by atoms with E-state index in [-0.39, 0.29) is 0 Å². The third-order valence-electron chi connectivity index (χ3n) is 3.19. The molecule has 138 valence electrons. The van der Waals surface area contributed by atoms with E-state index in [1.54, 1.807) is 43.2 Å². The number of hydrogen-bond donors (Lipinski definition) is 0. The van der Waals surface area contributed by atoms with Crippen LogP contribution in [0.5, 0.6) is 0 Å². The lowest BCUT2D eigenvalue weighted by Gasteiger charge is -2.12. The molecular formula is C18H20N2S6. The SMILES string of the molecule is CN(C)C(=S)SSc1ccc(-c2ccc(SSC(=S)N(C)C)cc2)cc1. The van der Waals surface area contributed by atoms with Gasteiger partial charge in [-0.2, -0.15) is 0 Å². The Morgan fingerprint density at radius 1 is 0.615 bits per heavy atom. The number of rotatable bonds is 5. The molecule has 0 atom stereocenters. The molecule has 0 amide bonds. The molecule has 0 radical (unpaired) electrons. The summed E-state index contributed by atoms with van der Waals surface area (Å²) in [4.78, 5) is 6.29. The number of hydrogen-bond acceptors (Lipinski definition) is 6. The zero-order valence-electron chi connectivity index (χ0n) is 15.0. The first-order valence-electron chi connectivity index (χ1n) is 7.69. The van der Waals surface area contributed by atoms with Crippen molar-refractivity contribution in [3.63, 3.8) is 0 Å². The molecule has 0 aliphatic heterocycles. The number of thiocarbonyl (C=S) groups is 2. The average Bonchev–Trinajstić information content (AvgIpc) is 2.64. The summed E-state index contributed by atoms with van der Waals surface area (Å²) in [6, 6.07) is 17.2. The minimum Gasteiger partial charge on any atom is -0.363 e. The molecule has 0 spiro atoms. The van der Waals surface area contributed by atoms with Crippen molar-refractivity contribution in [1.29, 1.82) is 0 Å². The summed E-state index contributed by atoms with van der Waals surface area (Å²) < 4.78 is 1.75. The van der Waals surface area contributed by atoms with E-state index in [0.29, 0.717) is 0 Å². The Morgan fingerprint density at radius 2 is 0.923 bits per heavy atom. The van der Waals surface area contributed by atoms with Gasteiger partial charge in [0, 0.05) is 38.0 Å². The smallest absolute Gasteiger partial charge is 0.146 e. The van der Waals surface area contributed by atoms with Crippen LogP contribution in [0.3, 0.4) is 0 Å². The Balaban J connectivity index is 1.94. The predicted octanol–water partition coefficient (Wildman–Crippen LogP) is 6.53. The van der Waals surface area contributed by atoms with Gasteiger partial charge in [0.15, 0.2) is 0 Å². The van der Waals surface area contributed by atoms with Crippen molar-refractivity contribution in [1.82, 2.24) is 9.80 Å². The molecule has 0 bridgehead atoms. The molecular weight excluding hydrogens is 437 g/mol. The molecule has 2 nitrogen and oxygen atoms in total. The summed E-state index contributed by atoms with van der Waals surface area (Å²) in [5, 5.41) is 0. The van der Waals surface area contributed by atoms with E-state index in [4.69, 9.17) is 24.4 Å². The fourth-order valence-corrected chi connectivity index (χ4v) is 6.03. The summed E-state index contributed by atoms with van der Waals surface area (Å²) in [5.74, 6) is 0. The first kappa shape index (κ1) is 21.9. The van der Waals surface area contributed by atoms with Crippen LogP contribution in [0.15, 0.2) is 58.3 Å². The molecule has 0 heterocycles. The monoisotopic (exact) mass is 456 g/mol. The molecule has 2 aromatic carbocycles. The Bertz CT molecular complexity index is 676. The largest absolute Gasteiger partial charge is 0.363 e. The molecule has 0 saturated carbocycles. The molecule has 2 aromatic rings. The van der Waals surface area contributed by atoms with Crippen LogP contribution in [-0.4, -0.2) is 46.6 Å². The lowest BCUT2D eigenvalue weighted by atomic mass is 10.1. The van der Waals surface area contributed by atoms with Crippen LogP contribution < -0.4 is 0 Å². The van der Waals surface area contributed by atoms with Crippen LogP contribution in [0.2, 0.25) is 0 Å². The van der Waals surface area contributed by atoms with E-state index < -0.39 is 0 Å². The molecule has 0 aliphatic carbocycles. The fraction of sp³-hybridized carbons (Fsp3) is 0.222. The van der Waals surface area contributed by atoms with Gasteiger partial charge in [0.25, 0.3) is 0 Å². The van der Waals surface area contributed by atoms with Crippen LogP contribution in [0.25, 0.3) is 11.1 Å². The van der Waals surface area contributed by atoms with Gasteiger partial charge in [0.1, 0.15) is 8.64 Å². The van der Waals surface area contributed by atoms with E-state index >= 15 is 0 Å². The summed E-state index contributed by atoms with van der Waals surface area (Å²) >= 11 is 10.6. The maximum Gasteiger partial charge on any atom is 0.146 e. The van der Waals surface area contributed by atoms with Gasteiger partial charge in [0.2, 0.25) is 0 Å². The highest BCUT2D eigenvalue weighted by atomic mass is 33.1. The van der Waals surface area contributed by atoms with Crippen molar-refractivity contribution in [2.75, 3.05) is 28.2 Å². The minimum atomic E-state index is 0.874. The number of nitrogens with zero attached hydrogens (tertiary/aromatic N) is 2. The minimum absolute atomic E-state index is 0.874. The van der Waals surface area contributed by atoms with Crippen molar-refractivity contribution in [2.45, 2.75) is 9.79 Å². The van der Waals surface area contributed by atoms with Crippen LogP contribution >= 0.6 is 67.6 Å². The zero-order chi connectivity index (χ0) is 19.1. The van der Waals surface area contributed by atoms with E-state index in [0.717, 1.165) is 8.64 Å². The standard InChI is InChI=1S/C18H20N2S6/c1-19(2)17(21)25-23-15-9-5-13(6-10-15)14-7-11-16(12-8-14)24-26-18(22)20(3)4/h5-12H,1-4H3. The van der Waals surface area contributed by atoms with Gasteiger partial charge in [-0.1, -0.05) is 70.3 Å². The molecule has 0 aliphatic rings. The quantitative estimate of drug-likeness (QED) is 0.365. The van der Waals surface area contributed by atoms with Crippen molar-refractivity contribution in [3.05, 3.63) is 48.5 Å². The second kappa shape index (κ2) is 10.8. The molecule has 0 N–H and O–H groups in total. The Hall–Kier alpha value is -0.380. The molecule has 8 heteroatoms. The summed E-state index contributed by atoms with van der Waals surface area (Å²) in [5.41, 5.74) is 2.42. The van der Waals surface area contributed by atoms with Gasteiger partial charge in [-0.3, -0.25) is 0 Å². The topological polar surface area (TPSA) is 6.48 Å². The maximum absolute atomic E-state index is 5.30. The molecule has 0 aromatic heterocycles. The first-order valence-corrected chi connectivity index (χ1v) is 12.8. The zero-order valence-corrected chi connectivity index (χ0v) is 19.9. The summed E-state index contributed by atoms with van der Waals surface area (Å²) in [6.45, 7) is 0. The lowest BCUT2D eigenvalue weighted by molar-refractivity contribution is 0.648. The highest BCUT2D eigenvalue weighted by Crippen LogP contribution is 2.36. The van der Waals surface area contributed by atoms with Crippen molar-refractivity contribution in [2.24, 2.45) is 0 Å². The van der Waals surface area contributed by atoms with Crippen molar-refractivity contribution in [3.8, 4) is 11.1 Å². The van der Waals surface area contributed by atoms with Crippen molar-refractivity contribution < 1.29 is 0 Å². The molecule has 0 fully saturated rings. The average molecular weight is 457 g/mol. The van der Waals surface area contributed by atoms with Crippen molar-refractivity contribution >= 4 is 76.3 Å². The van der Waals surface area contributed by atoms with Gasteiger partial charge >= 0.3 is 0 Å². The number of benzene rings is 2. The van der Waals surface area contributed by atoms with Crippen LogP contribution in [0, 0.1) is 0 Å². The molecule has 0 saturated heterocycles. The Kier molecular flexibility index (Phi) is 9.12. The second-order valence-electron chi connectivity index (χ2n) is 5.70. The van der Waals surface area contributed by atoms with Gasteiger partial charge in [-0.15, -0.1) is 0 Å². The fourth-order valence-electron chi connectivity index (χ4n) is 1.72. The summed E-state index contributed by atoms with van der Waals surface area (Å²) in [7, 11) is 14.4. The van der Waals surface area contributed by atoms with Crippen LogP contribution in [0.4, 0.5) is 0 Å². The first-order chi connectivity index (χ1) is 12.4. The molecule has 26 heavy (non-hydrogen) atoms. The van der Waals surface area contributed by atoms with E-state index in [1.807, 2.05) is 38.0 Å². The Labute approximate surface area is 182 Å². The second-order valence-corrected chi connectivity index (χ2v) is 11.4.